The molecule has 0 N–H and O–H groups in total. The second kappa shape index (κ2) is 5.50. The number of ether oxygens (including phenoxy) is 1. The Balaban J connectivity index is 2.53. The van der Waals surface area contributed by atoms with Crippen molar-refractivity contribution in [2.24, 2.45) is 0 Å². The lowest BCUT2D eigenvalue weighted by molar-refractivity contribution is 0.297. The number of sulfone groups is 1. The van der Waals surface area contributed by atoms with E-state index in [-0.39, 0.29) is 18.1 Å². The highest BCUT2D eigenvalue weighted by atomic mass is 32.2. The molecule has 0 saturated carbocycles. The van der Waals surface area contributed by atoms with Crippen molar-refractivity contribution in [2.75, 3.05) is 12.4 Å². The molecule has 15 heavy (non-hydrogen) atoms. The molecular formula is C10H11O4S. The van der Waals surface area contributed by atoms with Gasteiger partial charge in [0.1, 0.15) is 6.61 Å². The molecule has 0 atom stereocenters. The standard InChI is InChI=1S/C10H11O4S/c11-9-14-6-7-15(12,13)8-10-4-2-1-3-5-10/h1-5H,6-8H2. The average Bonchev–Trinajstić information content (AvgIpc) is 2.18. The zero-order valence-electron chi connectivity index (χ0n) is 8.05. The lowest BCUT2D eigenvalue weighted by Crippen LogP contribution is -2.13. The Labute approximate surface area is 88.8 Å². The first-order chi connectivity index (χ1) is 7.14. The van der Waals surface area contributed by atoms with Crippen molar-refractivity contribution >= 4 is 16.3 Å². The molecule has 0 aliphatic carbocycles. The van der Waals surface area contributed by atoms with Gasteiger partial charge in [-0.15, -0.1) is 0 Å². The summed E-state index contributed by atoms with van der Waals surface area (Å²) >= 11 is 0. The maximum atomic E-state index is 11.5. The minimum Gasteiger partial charge on any atom is -0.456 e. The third-order valence-electron chi connectivity index (χ3n) is 1.78. The SMILES string of the molecule is O=[C]OCCS(=O)(=O)Cc1ccccc1. The minimum absolute atomic E-state index is 0.0317. The van der Waals surface area contributed by atoms with E-state index < -0.39 is 9.84 Å². The van der Waals surface area contributed by atoms with Crippen LogP contribution in [0, 0.1) is 0 Å². The molecule has 4 nitrogen and oxygen atoms in total. The van der Waals surface area contributed by atoms with Gasteiger partial charge in [0.2, 0.25) is 0 Å². The fourth-order valence-corrected chi connectivity index (χ4v) is 2.29. The van der Waals surface area contributed by atoms with E-state index in [1.165, 1.54) is 6.47 Å². The molecule has 0 saturated heterocycles. The van der Waals surface area contributed by atoms with Gasteiger partial charge in [-0.25, -0.2) is 13.2 Å². The van der Waals surface area contributed by atoms with Crippen molar-refractivity contribution in [3.05, 3.63) is 35.9 Å². The quantitative estimate of drug-likeness (QED) is 0.671. The number of benzene rings is 1. The third kappa shape index (κ3) is 4.60. The van der Waals surface area contributed by atoms with Gasteiger partial charge in [0, 0.05) is 0 Å². The molecular weight excluding hydrogens is 216 g/mol. The maximum absolute atomic E-state index is 11.5. The summed E-state index contributed by atoms with van der Waals surface area (Å²) in [4.78, 5) is 9.71. The van der Waals surface area contributed by atoms with Crippen molar-refractivity contribution in [1.82, 2.24) is 0 Å². The van der Waals surface area contributed by atoms with Crippen LogP contribution in [0.15, 0.2) is 30.3 Å². The van der Waals surface area contributed by atoms with E-state index in [9.17, 15) is 13.2 Å². The highest BCUT2D eigenvalue weighted by Gasteiger charge is 2.11. The molecule has 1 aromatic rings. The van der Waals surface area contributed by atoms with Gasteiger partial charge in [-0.05, 0) is 5.56 Å². The van der Waals surface area contributed by atoms with Crippen molar-refractivity contribution < 1.29 is 17.9 Å². The Morgan fingerprint density at radius 1 is 1.20 bits per heavy atom. The number of hydrogen-bond donors (Lipinski definition) is 0. The van der Waals surface area contributed by atoms with Gasteiger partial charge in [-0.1, -0.05) is 30.3 Å². The van der Waals surface area contributed by atoms with Gasteiger partial charge in [-0.2, -0.15) is 0 Å². The van der Waals surface area contributed by atoms with Crippen LogP contribution in [0.4, 0.5) is 0 Å². The minimum atomic E-state index is -3.21. The molecule has 1 aromatic carbocycles. The van der Waals surface area contributed by atoms with Gasteiger partial charge in [0.25, 0.3) is 0 Å². The normalized spacial score (nSPS) is 10.9. The van der Waals surface area contributed by atoms with Crippen LogP contribution in [0.2, 0.25) is 0 Å². The highest BCUT2D eigenvalue weighted by molar-refractivity contribution is 7.90. The topological polar surface area (TPSA) is 60.4 Å². The van der Waals surface area contributed by atoms with E-state index in [0.717, 1.165) is 5.56 Å². The first-order valence-electron chi connectivity index (χ1n) is 4.37. The van der Waals surface area contributed by atoms with Gasteiger partial charge in [0.15, 0.2) is 9.84 Å². The van der Waals surface area contributed by atoms with Gasteiger partial charge in [-0.3, -0.25) is 0 Å². The lowest BCUT2D eigenvalue weighted by Gasteiger charge is -2.02. The van der Waals surface area contributed by atoms with Crippen LogP contribution in [0.3, 0.4) is 0 Å². The number of hydrogen-bond acceptors (Lipinski definition) is 4. The zero-order valence-corrected chi connectivity index (χ0v) is 8.87. The van der Waals surface area contributed by atoms with Crippen LogP contribution >= 0.6 is 0 Å². The molecule has 1 radical (unpaired) electrons. The summed E-state index contributed by atoms with van der Waals surface area (Å²) in [5, 5.41) is 0. The summed E-state index contributed by atoms with van der Waals surface area (Å²) < 4.78 is 27.2. The molecule has 0 unspecified atom stereocenters. The Morgan fingerprint density at radius 3 is 2.47 bits per heavy atom. The molecule has 0 fully saturated rings. The van der Waals surface area contributed by atoms with Gasteiger partial charge in [0.05, 0.1) is 11.5 Å². The summed E-state index contributed by atoms with van der Waals surface area (Å²) in [6.45, 7) is 1.05. The van der Waals surface area contributed by atoms with Crippen molar-refractivity contribution in [1.29, 1.82) is 0 Å². The van der Waals surface area contributed by atoms with Crippen molar-refractivity contribution in [3.8, 4) is 0 Å². The van der Waals surface area contributed by atoms with Crippen LogP contribution in [0.25, 0.3) is 0 Å². The van der Waals surface area contributed by atoms with E-state index in [1.807, 2.05) is 6.07 Å². The second-order valence-corrected chi connectivity index (χ2v) is 5.19. The second-order valence-electron chi connectivity index (χ2n) is 3.01. The van der Waals surface area contributed by atoms with Crippen molar-refractivity contribution in [3.63, 3.8) is 0 Å². The first-order valence-corrected chi connectivity index (χ1v) is 6.19. The van der Waals surface area contributed by atoms with Crippen LogP contribution in [-0.2, 0) is 25.1 Å². The Hall–Kier alpha value is -1.36. The molecule has 0 bridgehead atoms. The maximum Gasteiger partial charge on any atom is 0.417 e. The predicted octanol–water partition coefficient (Wildman–Crippen LogP) is 0.685. The van der Waals surface area contributed by atoms with E-state index >= 15 is 0 Å². The Morgan fingerprint density at radius 2 is 1.87 bits per heavy atom. The molecule has 0 spiro atoms. The van der Waals surface area contributed by atoms with Gasteiger partial charge >= 0.3 is 6.47 Å². The van der Waals surface area contributed by atoms with E-state index in [1.54, 1.807) is 24.3 Å². The fourth-order valence-electron chi connectivity index (χ4n) is 1.11. The number of rotatable bonds is 6. The summed E-state index contributed by atoms with van der Waals surface area (Å²) in [6.07, 6.45) is 0. The summed E-state index contributed by atoms with van der Waals surface area (Å²) in [7, 11) is -3.21. The van der Waals surface area contributed by atoms with Crippen molar-refractivity contribution in [2.45, 2.75) is 5.75 Å². The van der Waals surface area contributed by atoms with Crippen LogP contribution in [-0.4, -0.2) is 27.2 Å². The van der Waals surface area contributed by atoms with E-state index in [0.29, 0.717) is 0 Å². The first kappa shape index (κ1) is 11.7. The third-order valence-corrected chi connectivity index (χ3v) is 3.35. The van der Waals surface area contributed by atoms with Gasteiger partial charge < -0.3 is 4.74 Å². The molecule has 81 valence electrons. The summed E-state index contributed by atoms with van der Waals surface area (Å²) in [6, 6.07) is 8.86. The van der Waals surface area contributed by atoms with Crippen LogP contribution in [0.1, 0.15) is 5.56 Å². The monoisotopic (exact) mass is 227 g/mol. The molecule has 5 heteroatoms. The predicted molar refractivity (Wildman–Crippen MR) is 55.6 cm³/mol. The Bertz CT molecular complexity index is 397. The molecule has 0 aliphatic heterocycles. The molecule has 0 aromatic heterocycles. The summed E-state index contributed by atoms with van der Waals surface area (Å²) in [5.41, 5.74) is 0.729. The lowest BCUT2D eigenvalue weighted by atomic mass is 10.2. The van der Waals surface area contributed by atoms with Crippen LogP contribution < -0.4 is 0 Å². The molecule has 0 heterocycles. The molecule has 0 amide bonds. The smallest absolute Gasteiger partial charge is 0.417 e. The molecule has 0 aliphatic rings. The average molecular weight is 227 g/mol. The zero-order chi connectivity index (χ0) is 11.1. The van der Waals surface area contributed by atoms with Crippen LogP contribution in [0.5, 0.6) is 0 Å². The summed E-state index contributed by atoms with van der Waals surface area (Å²) in [5.74, 6) is -0.201. The molecule has 1 rings (SSSR count). The number of carbonyl (C=O) groups excluding carboxylic acids is 1. The van der Waals surface area contributed by atoms with E-state index in [4.69, 9.17) is 0 Å². The largest absolute Gasteiger partial charge is 0.456 e. The fraction of sp³-hybridized carbons (Fsp3) is 0.300. The Kier molecular flexibility index (Phi) is 4.30. The van der Waals surface area contributed by atoms with E-state index in [2.05, 4.69) is 4.74 Å². The highest BCUT2D eigenvalue weighted by Crippen LogP contribution is 2.05.